The topological polar surface area (TPSA) is 143 Å². The van der Waals surface area contributed by atoms with Crippen LogP contribution in [0.5, 0.6) is 0 Å². The normalized spacial score (nSPS) is 15.0. The van der Waals surface area contributed by atoms with Gasteiger partial charge in [-0.2, -0.15) is 0 Å². The van der Waals surface area contributed by atoms with E-state index in [1.807, 2.05) is 90.1 Å². The van der Waals surface area contributed by atoms with Gasteiger partial charge in [-0.1, -0.05) is 35.4 Å². The number of aromatic amines is 2. The average molecular weight is 611 g/mol. The third-order valence-electron chi connectivity index (χ3n) is 8.69. The number of aromatic nitrogens is 2. The fraction of sp³-hybridized carbons (Fsp3) is 0.167. The van der Waals surface area contributed by atoms with Gasteiger partial charge in [-0.05, 0) is 99.2 Å². The molecule has 10 nitrogen and oxygen atoms in total. The van der Waals surface area contributed by atoms with Crippen molar-refractivity contribution in [2.24, 2.45) is 9.98 Å². The van der Waals surface area contributed by atoms with E-state index in [0.29, 0.717) is 45.4 Å². The number of nitrogens with one attached hydrogen (secondary N) is 2. The minimum atomic E-state index is -0.435. The van der Waals surface area contributed by atoms with Crippen LogP contribution in [0.1, 0.15) is 55.9 Å². The van der Waals surface area contributed by atoms with Gasteiger partial charge < -0.3 is 9.97 Å². The molecule has 3 aliphatic rings. The number of aryl methyl sites for hydroxylation is 6. The lowest BCUT2D eigenvalue weighted by Gasteiger charge is -2.16. The number of allylic oxidation sites excluding steroid dienone is 4. The van der Waals surface area contributed by atoms with Gasteiger partial charge in [-0.15, -0.1) is 0 Å². The summed E-state index contributed by atoms with van der Waals surface area (Å²) in [5.74, 6) is 0. The van der Waals surface area contributed by atoms with Gasteiger partial charge in [0.25, 0.3) is 11.4 Å². The van der Waals surface area contributed by atoms with Crippen molar-refractivity contribution in [2.75, 3.05) is 0 Å². The van der Waals surface area contributed by atoms with Crippen LogP contribution in [0.2, 0.25) is 0 Å². The molecule has 2 aromatic carbocycles. The van der Waals surface area contributed by atoms with Gasteiger partial charge in [0.05, 0.1) is 44.1 Å². The van der Waals surface area contributed by atoms with Crippen LogP contribution in [0.25, 0.3) is 22.5 Å². The highest BCUT2D eigenvalue weighted by molar-refractivity contribution is 6.52. The van der Waals surface area contributed by atoms with E-state index in [2.05, 4.69) is 9.97 Å². The Morgan fingerprint density at radius 3 is 1.22 bits per heavy atom. The van der Waals surface area contributed by atoms with Gasteiger partial charge in [-0.3, -0.25) is 20.2 Å². The minimum absolute atomic E-state index is 0.162. The third kappa shape index (κ3) is 4.49. The van der Waals surface area contributed by atoms with E-state index in [1.54, 1.807) is 0 Å². The molecular formula is C36H30N6O4. The predicted octanol–water partition coefficient (Wildman–Crippen LogP) is 8.23. The van der Waals surface area contributed by atoms with Crippen LogP contribution in [0.15, 0.2) is 82.1 Å². The largest absolute Gasteiger partial charge is 0.347 e. The van der Waals surface area contributed by atoms with Gasteiger partial charge in [0, 0.05) is 23.3 Å². The number of aliphatic imine (C=N–C) groups is 2. The average Bonchev–Trinajstić information content (AvgIpc) is 3.77. The van der Waals surface area contributed by atoms with Gasteiger partial charge in [0.1, 0.15) is 11.4 Å². The zero-order valence-corrected chi connectivity index (χ0v) is 26.2. The summed E-state index contributed by atoms with van der Waals surface area (Å²) in [6.45, 7) is 11.9. The van der Waals surface area contributed by atoms with Crippen LogP contribution in [0.3, 0.4) is 0 Å². The Hall–Kier alpha value is -5.90. The second-order valence-corrected chi connectivity index (χ2v) is 12.1. The lowest BCUT2D eigenvalue weighted by atomic mass is 9.90. The Bertz CT molecular complexity index is 2060. The first-order chi connectivity index (χ1) is 21.9. The predicted molar refractivity (Wildman–Crippen MR) is 180 cm³/mol. The summed E-state index contributed by atoms with van der Waals surface area (Å²) in [6.07, 6.45) is 7.42. The zero-order valence-electron chi connectivity index (χ0n) is 26.2. The molecule has 0 saturated carbocycles. The molecule has 0 atom stereocenters. The third-order valence-corrected chi connectivity index (χ3v) is 8.69. The molecule has 0 unspecified atom stereocenters. The number of H-pyrrole nitrogens is 2. The Morgan fingerprint density at radius 1 is 0.543 bits per heavy atom. The van der Waals surface area contributed by atoms with Crippen molar-refractivity contribution < 1.29 is 9.85 Å². The second kappa shape index (κ2) is 10.3. The molecule has 0 saturated heterocycles. The van der Waals surface area contributed by atoms with E-state index in [0.717, 1.165) is 44.5 Å². The van der Waals surface area contributed by atoms with Gasteiger partial charge >= 0.3 is 0 Å². The number of rotatable bonds is 4. The maximum atomic E-state index is 12.6. The van der Waals surface area contributed by atoms with Crippen LogP contribution in [-0.2, 0) is 0 Å². The maximum Gasteiger partial charge on any atom is 0.295 e. The van der Waals surface area contributed by atoms with Crippen LogP contribution in [-0.4, -0.2) is 31.2 Å². The number of fused-ring (bicyclic) bond motifs is 8. The molecule has 2 aromatic heterocycles. The minimum Gasteiger partial charge on any atom is -0.347 e. The van der Waals surface area contributed by atoms with Crippen LogP contribution < -0.4 is 0 Å². The molecule has 0 fully saturated rings. The van der Waals surface area contributed by atoms with Crippen molar-refractivity contribution >= 4 is 33.9 Å². The first-order valence-electron chi connectivity index (χ1n) is 14.9. The number of hydrogen-bond donors (Lipinski definition) is 2. The van der Waals surface area contributed by atoms with E-state index in [4.69, 9.17) is 9.98 Å². The number of benzene rings is 2. The molecule has 8 bridgehead atoms. The Morgan fingerprint density at radius 2 is 0.891 bits per heavy atom. The molecule has 10 heteroatoms. The van der Waals surface area contributed by atoms with Crippen LogP contribution >= 0.6 is 0 Å². The highest BCUT2D eigenvalue weighted by Gasteiger charge is 2.33. The van der Waals surface area contributed by atoms with Crippen molar-refractivity contribution in [3.63, 3.8) is 0 Å². The molecule has 3 aliphatic heterocycles. The highest BCUT2D eigenvalue weighted by atomic mass is 16.6. The molecule has 7 rings (SSSR count). The Balaban J connectivity index is 1.62. The molecule has 5 heterocycles. The summed E-state index contributed by atoms with van der Waals surface area (Å²) >= 11 is 0. The fourth-order valence-electron chi connectivity index (χ4n) is 7.05. The van der Waals surface area contributed by atoms with Gasteiger partial charge in [0.2, 0.25) is 0 Å². The SMILES string of the molecule is Cc1cc(C)c(C2=C3C=CC(=N3)C3=NC(=C(c4c(C)cc(C)cc4C)c4[nH]c(cc4[N+](=O)[O-])-c4cc([N+](=O)[O-])c2[nH]4)C=C3)c(C)c1. The fourth-order valence-corrected chi connectivity index (χ4v) is 7.05. The lowest BCUT2D eigenvalue weighted by Crippen LogP contribution is -2.06. The van der Waals surface area contributed by atoms with E-state index in [-0.39, 0.29) is 22.8 Å². The molecule has 0 amide bonds. The number of hydrogen-bond acceptors (Lipinski definition) is 6. The van der Waals surface area contributed by atoms with Crippen LogP contribution in [0, 0.1) is 61.8 Å². The molecule has 46 heavy (non-hydrogen) atoms. The number of nitro groups is 2. The monoisotopic (exact) mass is 610 g/mol. The summed E-state index contributed by atoms with van der Waals surface area (Å²) in [6, 6.07) is 11.0. The maximum absolute atomic E-state index is 12.6. The summed E-state index contributed by atoms with van der Waals surface area (Å²) in [5.41, 5.74) is 11.9. The summed E-state index contributed by atoms with van der Waals surface area (Å²) in [4.78, 5) is 40.9. The molecule has 0 aliphatic carbocycles. The molecule has 4 aromatic rings. The first kappa shape index (κ1) is 28.8. The molecular weight excluding hydrogens is 580 g/mol. The Labute approximate surface area is 264 Å². The van der Waals surface area contributed by atoms with Crippen LogP contribution in [0.4, 0.5) is 11.4 Å². The van der Waals surface area contributed by atoms with Crippen molar-refractivity contribution in [2.45, 2.75) is 41.5 Å². The van der Waals surface area contributed by atoms with E-state index in [9.17, 15) is 20.2 Å². The van der Waals surface area contributed by atoms with Crippen molar-refractivity contribution in [1.29, 1.82) is 0 Å². The summed E-state index contributed by atoms with van der Waals surface area (Å²) in [5, 5.41) is 25.2. The van der Waals surface area contributed by atoms with Crippen molar-refractivity contribution in [3.05, 3.63) is 148 Å². The highest BCUT2D eigenvalue weighted by Crippen LogP contribution is 2.44. The lowest BCUT2D eigenvalue weighted by molar-refractivity contribution is -0.385. The molecule has 228 valence electrons. The molecule has 0 radical (unpaired) electrons. The van der Waals surface area contributed by atoms with E-state index < -0.39 is 9.85 Å². The van der Waals surface area contributed by atoms with E-state index in [1.165, 1.54) is 12.1 Å². The van der Waals surface area contributed by atoms with Crippen molar-refractivity contribution in [1.82, 2.24) is 9.97 Å². The second-order valence-electron chi connectivity index (χ2n) is 12.1. The quantitative estimate of drug-likeness (QED) is 0.177. The van der Waals surface area contributed by atoms with Crippen molar-refractivity contribution in [3.8, 4) is 11.4 Å². The summed E-state index contributed by atoms with van der Waals surface area (Å²) < 4.78 is 0. The first-order valence-corrected chi connectivity index (χ1v) is 14.9. The Kier molecular flexibility index (Phi) is 6.48. The standard InChI is InChI=1S/C36H30N6O4/c1-17-11-19(3)31(20(4)12-17)33-25-9-7-23(37-25)24-8-10-26(38-24)34(32-21(5)13-18(2)14-22(32)6)36-30(42(45)46)16-28(40-36)27-15-29(41(43)44)35(33)39-27/h7-16,39-40H,1-6H3. The smallest absolute Gasteiger partial charge is 0.295 e. The van der Waals surface area contributed by atoms with Gasteiger partial charge in [-0.25, -0.2) is 9.98 Å². The number of nitrogens with zero attached hydrogens (tertiary/aromatic N) is 4. The molecule has 2 N–H and O–H groups in total. The van der Waals surface area contributed by atoms with E-state index >= 15 is 0 Å². The zero-order chi connectivity index (χ0) is 32.6. The van der Waals surface area contributed by atoms with Gasteiger partial charge in [0.15, 0.2) is 0 Å². The summed E-state index contributed by atoms with van der Waals surface area (Å²) in [7, 11) is 0. The molecule has 0 spiro atoms.